The summed E-state index contributed by atoms with van der Waals surface area (Å²) in [5.74, 6) is 0.580. The van der Waals surface area contributed by atoms with Gasteiger partial charge in [0.15, 0.2) is 0 Å². The number of aromatic nitrogens is 1. The summed E-state index contributed by atoms with van der Waals surface area (Å²) in [5.41, 5.74) is 1.40. The molecular formula is C14H13NS. The molecule has 0 saturated heterocycles. The van der Waals surface area contributed by atoms with E-state index in [1.165, 1.54) is 21.0 Å². The molecule has 3 rings (SSSR count). The third kappa shape index (κ3) is 1.41. The van der Waals surface area contributed by atoms with Crippen LogP contribution in [-0.4, -0.2) is 4.98 Å². The van der Waals surface area contributed by atoms with Gasteiger partial charge in [0, 0.05) is 21.7 Å². The molecule has 80 valence electrons. The highest BCUT2D eigenvalue weighted by atomic mass is 32.1. The van der Waals surface area contributed by atoms with E-state index in [-0.39, 0.29) is 0 Å². The van der Waals surface area contributed by atoms with Crippen LogP contribution in [-0.2, 0) is 0 Å². The van der Waals surface area contributed by atoms with Gasteiger partial charge in [-0.15, -0.1) is 11.3 Å². The van der Waals surface area contributed by atoms with E-state index in [0.717, 1.165) is 4.83 Å². The van der Waals surface area contributed by atoms with Gasteiger partial charge >= 0.3 is 0 Å². The van der Waals surface area contributed by atoms with Gasteiger partial charge in [-0.2, -0.15) is 0 Å². The van der Waals surface area contributed by atoms with E-state index in [2.05, 4.69) is 43.1 Å². The maximum absolute atomic E-state index is 4.41. The molecule has 0 spiro atoms. The summed E-state index contributed by atoms with van der Waals surface area (Å²) in [6.45, 7) is 4.46. The first-order valence-corrected chi connectivity index (χ1v) is 6.34. The van der Waals surface area contributed by atoms with Crippen molar-refractivity contribution in [1.29, 1.82) is 0 Å². The topological polar surface area (TPSA) is 12.9 Å². The molecule has 0 saturated carbocycles. The van der Waals surface area contributed by atoms with Gasteiger partial charge in [0.1, 0.15) is 4.83 Å². The molecule has 0 bridgehead atoms. The molecule has 0 aliphatic rings. The van der Waals surface area contributed by atoms with Crippen LogP contribution in [0.1, 0.15) is 25.3 Å². The van der Waals surface area contributed by atoms with Crippen LogP contribution in [0.5, 0.6) is 0 Å². The van der Waals surface area contributed by atoms with Crippen molar-refractivity contribution >= 4 is 31.6 Å². The first-order chi connectivity index (χ1) is 7.75. The Morgan fingerprint density at radius 1 is 1.12 bits per heavy atom. The van der Waals surface area contributed by atoms with Gasteiger partial charge in [-0.25, -0.2) is 4.98 Å². The van der Waals surface area contributed by atoms with Gasteiger partial charge in [-0.1, -0.05) is 19.9 Å². The van der Waals surface area contributed by atoms with Gasteiger partial charge in [0.2, 0.25) is 0 Å². The minimum Gasteiger partial charge on any atom is -0.245 e. The Kier molecular flexibility index (Phi) is 2.18. The zero-order chi connectivity index (χ0) is 11.1. The molecule has 0 radical (unpaired) electrons. The zero-order valence-electron chi connectivity index (χ0n) is 9.40. The van der Waals surface area contributed by atoms with Crippen molar-refractivity contribution in [1.82, 2.24) is 4.98 Å². The Morgan fingerprint density at radius 3 is 2.81 bits per heavy atom. The van der Waals surface area contributed by atoms with Crippen molar-refractivity contribution in [3.8, 4) is 0 Å². The van der Waals surface area contributed by atoms with Crippen molar-refractivity contribution < 1.29 is 0 Å². The minimum atomic E-state index is 0.580. The summed E-state index contributed by atoms with van der Waals surface area (Å²) in [6, 6.07) is 10.9. The number of fused-ring (bicyclic) bond motifs is 3. The molecule has 0 aliphatic carbocycles. The highest BCUT2D eigenvalue weighted by Gasteiger charge is 2.07. The molecule has 3 aromatic rings. The molecule has 0 unspecified atom stereocenters. The second-order valence-corrected chi connectivity index (χ2v) is 5.40. The van der Waals surface area contributed by atoms with Crippen LogP contribution in [0.2, 0.25) is 0 Å². The fraction of sp³-hybridized carbons (Fsp3) is 0.214. The lowest BCUT2D eigenvalue weighted by Gasteiger charge is -2.04. The average Bonchev–Trinajstić information content (AvgIpc) is 2.66. The molecule has 0 N–H and O–H groups in total. The standard InChI is InChI=1S/C14H13NS/c1-9(2)10-5-6-13-12(8-10)11-4-3-7-15-14(11)16-13/h3-9H,1-2H3. The van der Waals surface area contributed by atoms with E-state index >= 15 is 0 Å². The number of thiophene rings is 1. The summed E-state index contributed by atoms with van der Waals surface area (Å²) in [6.07, 6.45) is 1.86. The molecule has 2 heteroatoms. The number of pyridine rings is 1. The lowest BCUT2D eigenvalue weighted by atomic mass is 10.0. The van der Waals surface area contributed by atoms with Crippen LogP contribution < -0.4 is 0 Å². The highest BCUT2D eigenvalue weighted by Crippen LogP contribution is 2.33. The SMILES string of the molecule is CC(C)c1ccc2sc3ncccc3c2c1. The summed E-state index contributed by atoms with van der Waals surface area (Å²) in [4.78, 5) is 5.55. The summed E-state index contributed by atoms with van der Waals surface area (Å²) < 4.78 is 1.33. The normalized spacial score (nSPS) is 11.7. The largest absolute Gasteiger partial charge is 0.245 e. The Morgan fingerprint density at radius 2 is 2.00 bits per heavy atom. The Labute approximate surface area is 98.7 Å². The van der Waals surface area contributed by atoms with Crippen molar-refractivity contribution in [2.24, 2.45) is 0 Å². The van der Waals surface area contributed by atoms with Crippen molar-refractivity contribution in [2.75, 3.05) is 0 Å². The molecule has 0 atom stereocenters. The molecule has 16 heavy (non-hydrogen) atoms. The van der Waals surface area contributed by atoms with Gasteiger partial charge in [0.05, 0.1) is 0 Å². The predicted molar refractivity (Wildman–Crippen MR) is 71.2 cm³/mol. The third-order valence-corrected chi connectivity index (χ3v) is 4.03. The summed E-state index contributed by atoms with van der Waals surface area (Å²) in [5, 5.41) is 2.63. The third-order valence-electron chi connectivity index (χ3n) is 2.94. The van der Waals surface area contributed by atoms with Gasteiger partial charge < -0.3 is 0 Å². The molecule has 0 aliphatic heterocycles. The Hall–Kier alpha value is -1.41. The van der Waals surface area contributed by atoms with E-state index < -0.39 is 0 Å². The molecule has 2 heterocycles. The minimum absolute atomic E-state index is 0.580. The Bertz CT molecular complexity index is 652. The first kappa shape index (κ1) is 9.79. The van der Waals surface area contributed by atoms with Crippen LogP contribution in [0.25, 0.3) is 20.3 Å². The number of rotatable bonds is 1. The molecule has 0 fully saturated rings. The fourth-order valence-electron chi connectivity index (χ4n) is 1.99. The van der Waals surface area contributed by atoms with Crippen LogP contribution in [0.4, 0.5) is 0 Å². The molecule has 2 aromatic heterocycles. The highest BCUT2D eigenvalue weighted by molar-refractivity contribution is 7.25. The van der Waals surface area contributed by atoms with Crippen LogP contribution in [0, 0.1) is 0 Å². The van der Waals surface area contributed by atoms with Gasteiger partial charge in [-0.05, 0) is 35.7 Å². The van der Waals surface area contributed by atoms with E-state index in [9.17, 15) is 0 Å². The lowest BCUT2D eigenvalue weighted by molar-refractivity contribution is 0.869. The van der Waals surface area contributed by atoms with Crippen molar-refractivity contribution in [3.63, 3.8) is 0 Å². The maximum Gasteiger partial charge on any atom is 0.124 e. The van der Waals surface area contributed by atoms with Gasteiger partial charge in [0.25, 0.3) is 0 Å². The van der Waals surface area contributed by atoms with Crippen molar-refractivity contribution in [2.45, 2.75) is 19.8 Å². The number of benzene rings is 1. The smallest absolute Gasteiger partial charge is 0.124 e. The second-order valence-electron chi connectivity index (χ2n) is 4.37. The van der Waals surface area contributed by atoms with Crippen LogP contribution in [0.3, 0.4) is 0 Å². The number of hydrogen-bond donors (Lipinski definition) is 0. The average molecular weight is 227 g/mol. The second kappa shape index (κ2) is 3.56. The molecule has 1 aromatic carbocycles. The van der Waals surface area contributed by atoms with E-state index in [0.29, 0.717) is 5.92 Å². The quantitative estimate of drug-likeness (QED) is 0.593. The molecule has 0 amide bonds. The number of hydrogen-bond acceptors (Lipinski definition) is 2. The maximum atomic E-state index is 4.41. The first-order valence-electron chi connectivity index (χ1n) is 5.53. The van der Waals surface area contributed by atoms with Crippen molar-refractivity contribution in [3.05, 3.63) is 42.1 Å². The Balaban J connectivity index is 2.40. The number of nitrogens with zero attached hydrogens (tertiary/aromatic N) is 1. The summed E-state index contributed by atoms with van der Waals surface area (Å²) >= 11 is 1.77. The van der Waals surface area contributed by atoms with Gasteiger partial charge in [-0.3, -0.25) is 0 Å². The predicted octanol–water partition coefficient (Wildman–Crippen LogP) is 4.57. The van der Waals surface area contributed by atoms with E-state index in [4.69, 9.17) is 0 Å². The summed E-state index contributed by atoms with van der Waals surface area (Å²) in [7, 11) is 0. The molecule has 1 nitrogen and oxygen atoms in total. The van der Waals surface area contributed by atoms with E-state index in [1.807, 2.05) is 12.3 Å². The molecular weight excluding hydrogens is 214 g/mol. The van der Waals surface area contributed by atoms with Crippen LogP contribution >= 0.6 is 11.3 Å². The zero-order valence-corrected chi connectivity index (χ0v) is 10.2. The lowest BCUT2D eigenvalue weighted by Crippen LogP contribution is -1.85. The monoisotopic (exact) mass is 227 g/mol. The van der Waals surface area contributed by atoms with Crippen LogP contribution in [0.15, 0.2) is 36.5 Å². The fourth-order valence-corrected chi connectivity index (χ4v) is 3.01. The van der Waals surface area contributed by atoms with E-state index in [1.54, 1.807) is 11.3 Å².